The van der Waals surface area contributed by atoms with Crippen LogP contribution in [-0.4, -0.2) is 20.2 Å². The van der Waals surface area contributed by atoms with Crippen LogP contribution in [0.1, 0.15) is 45.6 Å². The van der Waals surface area contributed by atoms with Gasteiger partial charge in [0.25, 0.3) is 0 Å². The Morgan fingerprint density at radius 2 is 0.708 bits per heavy atom. The maximum absolute atomic E-state index is 2.51. The highest BCUT2D eigenvalue weighted by Gasteiger charge is 2.33. The Morgan fingerprint density at radius 1 is 0.347 bits per heavy atom. The molecule has 0 N–H and O–H groups in total. The maximum Gasteiger partial charge on any atom is 0.0491 e. The van der Waals surface area contributed by atoms with Gasteiger partial charge in [0.2, 0.25) is 0 Å². The number of rotatable bonds is 9. The topological polar surface area (TPSA) is 18.0 Å². The lowest BCUT2D eigenvalue weighted by atomic mass is 9.87. The molecule has 4 heterocycles. The van der Waals surface area contributed by atoms with E-state index in [0.717, 1.165) is 32.6 Å². The Balaban J connectivity index is 1.01. The van der Waals surface area contributed by atoms with Gasteiger partial charge in [0.15, 0.2) is 0 Å². The third-order valence-electron chi connectivity index (χ3n) is 16.3. The zero-order valence-electron chi connectivity index (χ0n) is 41.5. The van der Waals surface area contributed by atoms with Gasteiger partial charge < -0.3 is 18.6 Å². The maximum atomic E-state index is 2.51. The van der Waals surface area contributed by atoms with Crippen LogP contribution < -0.4 is 4.90 Å². The minimum Gasteiger partial charge on any atom is -0.345 e. The quantitative estimate of drug-likeness (QED) is 0.141. The van der Waals surface area contributed by atoms with Crippen molar-refractivity contribution in [2.75, 3.05) is 11.4 Å². The molecule has 9 aromatic carbocycles. The summed E-state index contributed by atoms with van der Waals surface area (Å²) in [5, 5.41) is 7.77. The van der Waals surface area contributed by atoms with E-state index in [1.54, 1.807) is 0 Å². The van der Waals surface area contributed by atoms with E-state index in [-0.39, 0.29) is 0 Å². The largest absolute Gasteiger partial charge is 0.345 e. The third-order valence-corrected chi connectivity index (χ3v) is 16.3. The summed E-state index contributed by atoms with van der Waals surface area (Å²) in [6.45, 7) is 12.7. The highest BCUT2D eigenvalue weighted by molar-refractivity contribution is 6.12. The predicted octanol–water partition coefficient (Wildman–Crippen LogP) is 18.2. The number of para-hydroxylation sites is 3. The molecule has 0 radical (unpaired) electrons. The van der Waals surface area contributed by atoms with Gasteiger partial charge in [-0.05, 0) is 205 Å². The Bertz CT molecular complexity index is 4120. The van der Waals surface area contributed by atoms with Crippen LogP contribution in [0.15, 0.2) is 206 Å². The van der Waals surface area contributed by atoms with Crippen molar-refractivity contribution in [3.63, 3.8) is 0 Å². The SMILES string of the molecule is CCN1C2=CC=CCC2c2cc(-c3cc(-c4cc(-c5ccc6c(c5)c5ccccc5n6CC)cc(-c5ccc6c(c5)c5ccccc5n6CC)c4)cc(-c4ccc5c(c4)c4ccccc4n5CC)c3)ccc21. The van der Waals surface area contributed by atoms with E-state index in [0.29, 0.717) is 5.92 Å². The number of fused-ring (bicyclic) bond motifs is 12. The zero-order chi connectivity index (χ0) is 48.2. The molecule has 1 aliphatic heterocycles. The first-order valence-corrected chi connectivity index (χ1v) is 26.1. The summed E-state index contributed by atoms with van der Waals surface area (Å²) >= 11 is 0. The van der Waals surface area contributed by atoms with Crippen molar-refractivity contribution in [2.45, 2.75) is 59.7 Å². The zero-order valence-corrected chi connectivity index (χ0v) is 41.5. The number of aromatic nitrogens is 3. The van der Waals surface area contributed by atoms with Gasteiger partial charge in [0, 0.05) is 109 Å². The molecule has 0 saturated carbocycles. The summed E-state index contributed by atoms with van der Waals surface area (Å²) in [6, 6.07) is 69.9. The number of hydrogen-bond donors (Lipinski definition) is 0. The molecule has 0 fully saturated rings. The Labute approximate surface area is 421 Å². The lowest BCUT2D eigenvalue weighted by Crippen LogP contribution is -2.19. The standard InChI is InChI=1S/C68H56N4/c1-5-69-61-21-13-9-17-53(61)57-39-43(25-29-65(57)69)47-33-48(44-26-30-66-58(40-44)54-18-10-14-22-62(54)70(66)6-2)36-51(35-47)52-37-49(45-27-31-67-59(41-45)55-19-11-15-23-63(55)71(67)7-3)34-50(38-52)46-28-32-68-60(42-46)56-20-12-16-24-64(56)72(68)8-4/h9-19,21-42,56H,5-8,20H2,1-4H3. The van der Waals surface area contributed by atoms with Crippen LogP contribution in [0.2, 0.25) is 0 Å². The number of nitrogens with zero attached hydrogens (tertiary/aromatic N) is 4. The number of allylic oxidation sites excluding steroid dienone is 4. The Hall–Kier alpha value is -8.34. The fourth-order valence-corrected chi connectivity index (χ4v) is 12.9. The van der Waals surface area contributed by atoms with Crippen LogP contribution in [0, 0.1) is 0 Å². The highest BCUT2D eigenvalue weighted by atomic mass is 15.2. The third kappa shape index (κ3) is 6.44. The van der Waals surface area contributed by atoms with E-state index in [4.69, 9.17) is 0 Å². The van der Waals surface area contributed by atoms with Crippen molar-refractivity contribution < 1.29 is 0 Å². The molecule has 3 aromatic heterocycles. The molecule has 4 heteroatoms. The summed E-state index contributed by atoms with van der Waals surface area (Å²) in [7, 11) is 0. The predicted molar refractivity (Wildman–Crippen MR) is 307 cm³/mol. The summed E-state index contributed by atoms with van der Waals surface area (Å²) < 4.78 is 7.35. The second kappa shape index (κ2) is 16.6. The molecule has 0 bridgehead atoms. The number of benzene rings is 9. The van der Waals surface area contributed by atoms with E-state index in [2.05, 4.69) is 247 Å². The van der Waals surface area contributed by atoms with E-state index >= 15 is 0 Å². The highest BCUT2D eigenvalue weighted by Crippen LogP contribution is 2.49. The first kappa shape index (κ1) is 42.5. The summed E-state index contributed by atoms with van der Waals surface area (Å²) in [5.41, 5.74) is 24.0. The molecule has 1 atom stereocenters. The molecular weight excluding hydrogens is 873 g/mol. The lowest BCUT2D eigenvalue weighted by Gasteiger charge is -2.22. The molecular formula is C68H56N4. The fraction of sp³-hybridized carbons (Fsp3) is 0.147. The summed E-state index contributed by atoms with van der Waals surface area (Å²) in [5.74, 6) is 0.373. The number of anilines is 1. The van der Waals surface area contributed by atoms with E-state index in [1.165, 1.54) is 138 Å². The minimum absolute atomic E-state index is 0.373. The molecule has 1 aliphatic carbocycles. The monoisotopic (exact) mass is 928 g/mol. The van der Waals surface area contributed by atoms with Crippen LogP contribution in [-0.2, 0) is 19.6 Å². The van der Waals surface area contributed by atoms with Crippen molar-refractivity contribution in [1.82, 2.24) is 13.7 Å². The van der Waals surface area contributed by atoms with Gasteiger partial charge >= 0.3 is 0 Å². The van der Waals surface area contributed by atoms with Crippen molar-refractivity contribution in [3.05, 3.63) is 211 Å². The molecule has 72 heavy (non-hydrogen) atoms. The van der Waals surface area contributed by atoms with Crippen molar-refractivity contribution >= 4 is 71.1 Å². The lowest BCUT2D eigenvalue weighted by molar-refractivity contribution is 0.795. The van der Waals surface area contributed by atoms with Crippen LogP contribution in [0.3, 0.4) is 0 Å². The van der Waals surface area contributed by atoms with E-state index in [9.17, 15) is 0 Å². The van der Waals surface area contributed by atoms with Gasteiger partial charge in [0.05, 0.1) is 0 Å². The summed E-state index contributed by atoms with van der Waals surface area (Å²) in [4.78, 5) is 2.51. The van der Waals surface area contributed by atoms with Crippen molar-refractivity contribution in [2.24, 2.45) is 0 Å². The van der Waals surface area contributed by atoms with Gasteiger partial charge in [-0.25, -0.2) is 0 Å². The molecule has 14 rings (SSSR count). The van der Waals surface area contributed by atoms with Gasteiger partial charge in [-0.2, -0.15) is 0 Å². The first-order chi connectivity index (χ1) is 35.5. The summed E-state index contributed by atoms with van der Waals surface area (Å²) in [6.07, 6.45) is 7.92. The molecule has 4 nitrogen and oxygen atoms in total. The van der Waals surface area contributed by atoms with Gasteiger partial charge in [-0.3, -0.25) is 0 Å². The minimum atomic E-state index is 0.373. The van der Waals surface area contributed by atoms with Gasteiger partial charge in [0.1, 0.15) is 0 Å². The van der Waals surface area contributed by atoms with Crippen LogP contribution in [0.4, 0.5) is 5.69 Å². The fourth-order valence-electron chi connectivity index (χ4n) is 12.9. The average molecular weight is 929 g/mol. The number of likely N-dealkylation sites (N-methyl/N-ethyl adjacent to an activating group) is 1. The average Bonchev–Trinajstić information content (AvgIpc) is 4.16. The van der Waals surface area contributed by atoms with Crippen LogP contribution in [0.5, 0.6) is 0 Å². The second-order valence-electron chi connectivity index (χ2n) is 19.9. The van der Waals surface area contributed by atoms with E-state index in [1.807, 2.05) is 0 Å². The Kier molecular flexibility index (Phi) is 9.83. The second-order valence-corrected chi connectivity index (χ2v) is 19.9. The smallest absolute Gasteiger partial charge is 0.0491 e. The molecule has 348 valence electrons. The molecule has 2 aliphatic rings. The normalized spacial score (nSPS) is 14.4. The number of hydrogen-bond acceptors (Lipinski definition) is 1. The first-order valence-electron chi connectivity index (χ1n) is 26.1. The molecule has 12 aromatic rings. The Morgan fingerprint density at radius 3 is 1.11 bits per heavy atom. The molecule has 1 unspecified atom stereocenters. The van der Waals surface area contributed by atoms with E-state index < -0.39 is 0 Å². The van der Waals surface area contributed by atoms with Gasteiger partial charge in [-0.1, -0.05) is 91.0 Å². The molecule has 0 saturated heterocycles. The van der Waals surface area contributed by atoms with Gasteiger partial charge in [-0.15, -0.1) is 0 Å². The van der Waals surface area contributed by atoms with Crippen molar-refractivity contribution in [1.29, 1.82) is 0 Å². The van der Waals surface area contributed by atoms with Crippen LogP contribution in [0.25, 0.3) is 121 Å². The molecule has 0 spiro atoms. The number of aryl methyl sites for hydroxylation is 3. The van der Waals surface area contributed by atoms with Crippen LogP contribution >= 0.6 is 0 Å². The van der Waals surface area contributed by atoms with Crippen molar-refractivity contribution in [3.8, 4) is 55.6 Å². The molecule has 0 amide bonds.